The first-order valence-electron chi connectivity index (χ1n) is 5.43. The third-order valence-electron chi connectivity index (χ3n) is 2.22. The summed E-state index contributed by atoms with van der Waals surface area (Å²) in [6, 6.07) is 0. The van der Waals surface area contributed by atoms with E-state index in [4.69, 9.17) is 0 Å². The maximum Gasteiger partial charge on any atom is 0.345 e. The number of Topliss-reactive ketones (excluding diaryl/α,β-unsaturated/α-hetero) is 1. The second kappa shape index (κ2) is 7.74. The summed E-state index contributed by atoms with van der Waals surface area (Å²) < 4.78 is 28.3. The SMILES string of the molecule is CCC(=O)[C@H](CCCC(C)C)OC(F)F. The zero-order valence-electron chi connectivity index (χ0n) is 9.63. The first-order valence-corrected chi connectivity index (χ1v) is 5.43. The van der Waals surface area contributed by atoms with Gasteiger partial charge < -0.3 is 4.74 Å². The van der Waals surface area contributed by atoms with Crippen LogP contribution in [-0.4, -0.2) is 18.5 Å². The maximum atomic E-state index is 12.0. The number of hydrogen-bond acceptors (Lipinski definition) is 2. The van der Waals surface area contributed by atoms with Gasteiger partial charge in [-0.1, -0.05) is 33.6 Å². The Labute approximate surface area is 90.0 Å². The Morgan fingerprint density at radius 3 is 2.27 bits per heavy atom. The normalized spacial score (nSPS) is 13.5. The van der Waals surface area contributed by atoms with Crippen LogP contribution < -0.4 is 0 Å². The molecule has 0 aliphatic rings. The van der Waals surface area contributed by atoms with Gasteiger partial charge in [0.15, 0.2) is 5.78 Å². The van der Waals surface area contributed by atoms with E-state index in [1.807, 2.05) is 0 Å². The van der Waals surface area contributed by atoms with Crippen molar-refractivity contribution >= 4 is 5.78 Å². The predicted octanol–water partition coefficient (Wildman–Crippen LogP) is 3.40. The minimum absolute atomic E-state index is 0.237. The summed E-state index contributed by atoms with van der Waals surface area (Å²) in [5.74, 6) is 0.285. The lowest BCUT2D eigenvalue weighted by molar-refractivity contribution is -0.175. The molecular formula is C11H20F2O2. The van der Waals surface area contributed by atoms with Gasteiger partial charge in [-0.3, -0.25) is 4.79 Å². The second-order valence-electron chi connectivity index (χ2n) is 4.03. The van der Waals surface area contributed by atoms with E-state index in [2.05, 4.69) is 18.6 Å². The van der Waals surface area contributed by atoms with Gasteiger partial charge >= 0.3 is 6.61 Å². The minimum Gasteiger partial charge on any atom is -0.312 e. The molecule has 0 aromatic carbocycles. The third kappa shape index (κ3) is 7.42. The Morgan fingerprint density at radius 2 is 1.87 bits per heavy atom. The number of rotatable bonds is 8. The molecule has 0 fully saturated rings. The van der Waals surface area contributed by atoms with Crippen molar-refractivity contribution in [1.82, 2.24) is 0 Å². The summed E-state index contributed by atoms with van der Waals surface area (Å²) in [6.07, 6.45) is 1.41. The molecule has 2 nitrogen and oxygen atoms in total. The van der Waals surface area contributed by atoms with Crippen molar-refractivity contribution < 1.29 is 18.3 Å². The molecule has 0 aliphatic carbocycles. The van der Waals surface area contributed by atoms with E-state index in [0.717, 1.165) is 12.8 Å². The summed E-state index contributed by atoms with van der Waals surface area (Å²) in [6.45, 7) is 2.92. The first-order chi connectivity index (χ1) is 6.97. The lowest BCUT2D eigenvalue weighted by Crippen LogP contribution is -2.26. The average Bonchev–Trinajstić information content (AvgIpc) is 2.14. The van der Waals surface area contributed by atoms with Crippen LogP contribution in [0.2, 0.25) is 0 Å². The fourth-order valence-corrected chi connectivity index (χ4v) is 1.37. The number of ketones is 1. The first kappa shape index (κ1) is 14.5. The molecule has 0 bridgehead atoms. The van der Waals surface area contributed by atoms with Gasteiger partial charge in [-0.05, 0) is 12.3 Å². The van der Waals surface area contributed by atoms with Crippen LogP contribution >= 0.6 is 0 Å². The molecule has 0 radical (unpaired) electrons. The number of carbonyl (C=O) groups excluding carboxylic acids is 1. The fraction of sp³-hybridized carbons (Fsp3) is 0.909. The highest BCUT2D eigenvalue weighted by Gasteiger charge is 2.21. The zero-order chi connectivity index (χ0) is 11.8. The van der Waals surface area contributed by atoms with Crippen LogP contribution in [0.4, 0.5) is 8.78 Å². The molecular weight excluding hydrogens is 202 g/mol. The molecule has 0 rings (SSSR count). The van der Waals surface area contributed by atoms with E-state index >= 15 is 0 Å². The molecule has 0 unspecified atom stereocenters. The van der Waals surface area contributed by atoms with Gasteiger partial charge in [0.1, 0.15) is 6.10 Å². The lowest BCUT2D eigenvalue weighted by atomic mass is 10.0. The van der Waals surface area contributed by atoms with Crippen molar-refractivity contribution in [3.8, 4) is 0 Å². The maximum absolute atomic E-state index is 12.0. The minimum atomic E-state index is -2.86. The number of halogens is 2. The topological polar surface area (TPSA) is 26.3 Å². The van der Waals surface area contributed by atoms with Gasteiger partial charge in [0.25, 0.3) is 0 Å². The summed E-state index contributed by atoms with van der Waals surface area (Å²) in [5, 5.41) is 0. The van der Waals surface area contributed by atoms with Crippen LogP contribution in [0, 0.1) is 5.92 Å². The summed E-state index contributed by atoms with van der Waals surface area (Å²) in [5.41, 5.74) is 0. The molecule has 0 aromatic rings. The number of alkyl halides is 2. The fourth-order valence-electron chi connectivity index (χ4n) is 1.37. The number of ether oxygens (including phenoxy) is 1. The van der Waals surface area contributed by atoms with Crippen molar-refractivity contribution in [2.45, 2.75) is 59.2 Å². The van der Waals surface area contributed by atoms with E-state index in [9.17, 15) is 13.6 Å². The molecule has 0 N–H and O–H groups in total. The highest BCUT2D eigenvalue weighted by atomic mass is 19.3. The van der Waals surface area contributed by atoms with E-state index < -0.39 is 12.7 Å². The van der Waals surface area contributed by atoms with Gasteiger partial charge in [0.05, 0.1) is 0 Å². The second-order valence-corrected chi connectivity index (χ2v) is 4.03. The van der Waals surface area contributed by atoms with E-state index in [1.54, 1.807) is 6.92 Å². The highest BCUT2D eigenvalue weighted by Crippen LogP contribution is 2.14. The van der Waals surface area contributed by atoms with E-state index in [1.165, 1.54) is 0 Å². The molecule has 0 heterocycles. The smallest absolute Gasteiger partial charge is 0.312 e. The van der Waals surface area contributed by atoms with Gasteiger partial charge in [0.2, 0.25) is 0 Å². The third-order valence-corrected chi connectivity index (χ3v) is 2.22. The predicted molar refractivity (Wildman–Crippen MR) is 54.9 cm³/mol. The van der Waals surface area contributed by atoms with Crippen LogP contribution in [0.1, 0.15) is 46.5 Å². The van der Waals surface area contributed by atoms with Crippen LogP contribution in [-0.2, 0) is 9.53 Å². The molecule has 0 amide bonds. The largest absolute Gasteiger partial charge is 0.345 e. The Kier molecular flexibility index (Phi) is 7.48. The molecule has 0 aromatic heterocycles. The van der Waals surface area contributed by atoms with Crippen LogP contribution in [0.25, 0.3) is 0 Å². The molecule has 15 heavy (non-hydrogen) atoms. The molecule has 0 saturated carbocycles. The molecule has 1 atom stereocenters. The Bertz CT molecular complexity index is 181. The average molecular weight is 222 g/mol. The summed E-state index contributed by atoms with van der Waals surface area (Å²) in [7, 11) is 0. The molecule has 90 valence electrons. The molecule has 0 aliphatic heterocycles. The van der Waals surface area contributed by atoms with E-state index in [0.29, 0.717) is 12.3 Å². The number of hydrogen-bond donors (Lipinski definition) is 0. The van der Waals surface area contributed by atoms with Gasteiger partial charge in [-0.25, -0.2) is 0 Å². The van der Waals surface area contributed by atoms with E-state index in [-0.39, 0.29) is 12.2 Å². The van der Waals surface area contributed by atoms with Crippen LogP contribution in [0.5, 0.6) is 0 Å². The number of carbonyl (C=O) groups is 1. The Hall–Kier alpha value is -0.510. The van der Waals surface area contributed by atoms with Crippen LogP contribution in [0.3, 0.4) is 0 Å². The summed E-state index contributed by atoms with van der Waals surface area (Å²) >= 11 is 0. The van der Waals surface area contributed by atoms with Gasteiger partial charge in [0, 0.05) is 6.42 Å². The highest BCUT2D eigenvalue weighted by molar-refractivity contribution is 5.82. The van der Waals surface area contributed by atoms with Gasteiger partial charge in [-0.15, -0.1) is 0 Å². The monoisotopic (exact) mass is 222 g/mol. The van der Waals surface area contributed by atoms with Gasteiger partial charge in [-0.2, -0.15) is 8.78 Å². The Morgan fingerprint density at radius 1 is 1.27 bits per heavy atom. The van der Waals surface area contributed by atoms with Crippen molar-refractivity contribution in [3.05, 3.63) is 0 Å². The standard InChI is InChI=1S/C11H20F2O2/c1-4-9(14)10(15-11(12)13)7-5-6-8(2)3/h8,10-11H,4-7H2,1-3H3/t10-/m0/s1. The van der Waals surface area contributed by atoms with Crippen molar-refractivity contribution in [3.63, 3.8) is 0 Å². The van der Waals surface area contributed by atoms with Crippen molar-refractivity contribution in [1.29, 1.82) is 0 Å². The zero-order valence-corrected chi connectivity index (χ0v) is 9.63. The van der Waals surface area contributed by atoms with Crippen molar-refractivity contribution in [2.75, 3.05) is 0 Å². The van der Waals surface area contributed by atoms with Crippen LogP contribution in [0.15, 0.2) is 0 Å². The summed E-state index contributed by atoms with van der Waals surface area (Å²) in [4.78, 5) is 11.3. The van der Waals surface area contributed by atoms with Crippen molar-refractivity contribution in [2.24, 2.45) is 5.92 Å². The molecule has 4 heteroatoms. The lowest BCUT2D eigenvalue weighted by Gasteiger charge is -2.15. The Balaban J connectivity index is 3.96. The molecule has 0 spiro atoms. The quantitative estimate of drug-likeness (QED) is 0.629. The molecule has 0 saturated heterocycles.